The summed E-state index contributed by atoms with van der Waals surface area (Å²) in [6, 6.07) is 12.6. The summed E-state index contributed by atoms with van der Waals surface area (Å²) in [5, 5.41) is 9.36. The minimum atomic E-state index is -0.815. The van der Waals surface area contributed by atoms with E-state index in [2.05, 4.69) is 4.98 Å². The lowest BCUT2D eigenvalue weighted by Crippen LogP contribution is -2.20. The van der Waals surface area contributed by atoms with Crippen LogP contribution < -0.4 is 10.3 Å². The van der Waals surface area contributed by atoms with Gasteiger partial charge in [0.1, 0.15) is 28.6 Å². The van der Waals surface area contributed by atoms with Crippen molar-refractivity contribution in [3.05, 3.63) is 75.2 Å². The van der Waals surface area contributed by atoms with Gasteiger partial charge >= 0.3 is 5.97 Å². The Labute approximate surface area is 167 Å². The highest BCUT2D eigenvalue weighted by Gasteiger charge is 2.18. The number of ether oxygens (including phenoxy) is 2. The average Bonchev–Trinajstić information content (AvgIpc) is 2.69. The third-order valence-electron chi connectivity index (χ3n) is 4.16. The number of hydrogen-bond donors (Lipinski definition) is 0. The molecule has 0 aliphatic heterocycles. The predicted octanol–water partition coefficient (Wildman–Crippen LogP) is 3.57. The van der Waals surface area contributed by atoms with Crippen LogP contribution in [0.5, 0.6) is 11.6 Å². The Morgan fingerprint density at radius 3 is 2.76 bits per heavy atom. The fourth-order valence-corrected chi connectivity index (χ4v) is 2.77. The molecule has 0 radical (unpaired) electrons. The van der Waals surface area contributed by atoms with Gasteiger partial charge in [0.15, 0.2) is 0 Å². The molecule has 0 atom stereocenters. The van der Waals surface area contributed by atoms with Crippen molar-refractivity contribution < 1.29 is 14.3 Å². The number of nitrogens with zero attached hydrogens (tertiary/aromatic N) is 3. The maximum absolute atomic E-state index is 13.1. The topological polar surface area (TPSA) is 93.7 Å². The van der Waals surface area contributed by atoms with Crippen LogP contribution in [0.4, 0.5) is 0 Å². The molecule has 1 aromatic carbocycles. The van der Waals surface area contributed by atoms with Gasteiger partial charge < -0.3 is 9.47 Å². The van der Waals surface area contributed by atoms with E-state index in [-0.39, 0.29) is 23.6 Å². The van der Waals surface area contributed by atoms with Crippen LogP contribution in [0.3, 0.4) is 0 Å². The molecular weight excluding hydrogens is 370 g/mol. The first-order chi connectivity index (χ1) is 13.9. The van der Waals surface area contributed by atoms with Crippen LogP contribution in [0.15, 0.2) is 53.0 Å². The van der Waals surface area contributed by atoms with Crippen LogP contribution in [0.1, 0.15) is 23.6 Å². The molecular formula is C22H19N3O4. The van der Waals surface area contributed by atoms with Crippen molar-refractivity contribution in [1.29, 1.82) is 5.26 Å². The molecule has 3 aromatic rings. The number of carbonyl (C=O) groups excluding carboxylic acids is 1. The van der Waals surface area contributed by atoms with Crippen LogP contribution in [0, 0.1) is 25.2 Å². The smallest absolute Gasteiger partial charge is 0.348 e. The maximum atomic E-state index is 13.1. The van der Waals surface area contributed by atoms with Crippen LogP contribution in [-0.2, 0) is 9.53 Å². The van der Waals surface area contributed by atoms with E-state index in [1.54, 1.807) is 37.4 Å². The third-order valence-corrected chi connectivity index (χ3v) is 4.16. The van der Waals surface area contributed by atoms with E-state index in [0.29, 0.717) is 11.4 Å². The van der Waals surface area contributed by atoms with Crippen LogP contribution in [0.25, 0.3) is 11.7 Å². The van der Waals surface area contributed by atoms with Crippen LogP contribution >= 0.6 is 0 Å². The summed E-state index contributed by atoms with van der Waals surface area (Å²) in [4.78, 5) is 29.7. The number of esters is 1. The number of rotatable bonds is 5. The molecule has 0 saturated carbocycles. The number of aromatic nitrogens is 2. The zero-order chi connectivity index (χ0) is 21.0. The van der Waals surface area contributed by atoms with E-state index >= 15 is 0 Å². The Hall–Kier alpha value is -3.92. The lowest BCUT2D eigenvalue weighted by Gasteiger charge is -2.11. The summed E-state index contributed by atoms with van der Waals surface area (Å²) >= 11 is 0. The van der Waals surface area contributed by atoms with Gasteiger partial charge in [0.2, 0.25) is 5.88 Å². The fourth-order valence-electron chi connectivity index (χ4n) is 2.77. The largest absolute Gasteiger partial charge is 0.462 e. The van der Waals surface area contributed by atoms with Crippen molar-refractivity contribution >= 4 is 17.7 Å². The Bertz CT molecular complexity index is 1220. The summed E-state index contributed by atoms with van der Waals surface area (Å²) in [7, 11) is 0. The van der Waals surface area contributed by atoms with E-state index in [9.17, 15) is 14.9 Å². The van der Waals surface area contributed by atoms with Gasteiger partial charge in [0, 0.05) is 6.20 Å². The third kappa shape index (κ3) is 4.17. The van der Waals surface area contributed by atoms with Gasteiger partial charge in [-0.1, -0.05) is 18.2 Å². The Balaban J connectivity index is 2.26. The lowest BCUT2D eigenvalue weighted by molar-refractivity contribution is -0.137. The first-order valence-electron chi connectivity index (χ1n) is 9.00. The number of pyridine rings is 1. The molecule has 0 bridgehead atoms. The SMILES string of the molecule is CCOC(=O)/C(C#N)=C/c1c(Oc2cccc(C)c2)nc2c(C)cccn2c1=O. The molecule has 0 aliphatic carbocycles. The number of benzene rings is 1. The van der Waals surface area contributed by atoms with Crippen molar-refractivity contribution in [2.24, 2.45) is 0 Å². The molecule has 7 nitrogen and oxygen atoms in total. The van der Waals surface area contributed by atoms with Gasteiger partial charge in [-0.05, 0) is 56.2 Å². The molecule has 3 rings (SSSR count). The predicted molar refractivity (Wildman–Crippen MR) is 108 cm³/mol. The van der Waals surface area contributed by atoms with E-state index in [1.165, 1.54) is 4.40 Å². The first-order valence-corrected chi connectivity index (χ1v) is 9.00. The van der Waals surface area contributed by atoms with Gasteiger partial charge in [0.05, 0.1) is 6.61 Å². The molecule has 2 aromatic heterocycles. The molecule has 7 heteroatoms. The van der Waals surface area contributed by atoms with Crippen molar-refractivity contribution in [3.8, 4) is 17.7 Å². The quantitative estimate of drug-likeness (QED) is 0.376. The number of carbonyl (C=O) groups is 1. The highest BCUT2D eigenvalue weighted by atomic mass is 16.5. The van der Waals surface area contributed by atoms with Gasteiger partial charge in [0.25, 0.3) is 5.56 Å². The number of fused-ring (bicyclic) bond motifs is 1. The molecule has 0 aliphatic rings. The van der Waals surface area contributed by atoms with E-state index < -0.39 is 11.5 Å². The van der Waals surface area contributed by atoms with Crippen molar-refractivity contribution in [2.75, 3.05) is 6.61 Å². The normalized spacial score (nSPS) is 11.2. The van der Waals surface area contributed by atoms with E-state index in [4.69, 9.17) is 9.47 Å². The second kappa shape index (κ2) is 8.40. The van der Waals surface area contributed by atoms with E-state index in [0.717, 1.165) is 17.2 Å². The summed E-state index contributed by atoms with van der Waals surface area (Å²) in [5.74, 6) is -0.323. The molecule has 0 N–H and O–H groups in total. The highest BCUT2D eigenvalue weighted by molar-refractivity contribution is 5.98. The highest BCUT2D eigenvalue weighted by Crippen LogP contribution is 2.25. The number of aryl methyl sites for hydroxylation is 2. The molecule has 2 heterocycles. The summed E-state index contributed by atoms with van der Waals surface area (Å²) in [6.07, 6.45) is 2.73. The first kappa shape index (κ1) is 19.8. The molecule has 29 heavy (non-hydrogen) atoms. The van der Waals surface area contributed by atoms with Gasteiger partial charge in [-0.3, -0.25) is 9.20 Å². The molecule has 0 spiro atoms. The van der Waals surface area contributed by atoms with Crippen LogP contribution in [-0.4, -0.2) is 22.0 Å². The number of hydrogen-bond acceptors (Lipinski definition) is 6. The molecule has 0 saturated heterocycles. The molecule has 0 amide bonds. The zero-order valence-electron chi connectivity index (χ0n) is 16.3. The second-order valence-electron chi connectivity index (χ2n) is 6.33. The average molecular weight is 389 g/mol. The lowest BCUT2D eigenvalue weighted by atomic mass is 10.2. The monoisotopic (exact) mass is 389 g/mol. The van der Waals surface area contributed by atoms with Gasteiger partial charge in [-0.15, -0.1) is 0 Å². The molecule has 0 unspecified atom stereocenters. The minimum absolute atomic E-state index is 0.00643. The summed E-state index contributed by atoms with van der Waals surface area (Å²) in [5.41, 5.74) is 1.38. The fraction of sp³-hybridized carbons (Fsp3) is 0.182. The maximum Gasteiger partial charge on any atom is 0.348 e. The van der Waals surface area contributed by atoms with Crippen molar-refractivity contribution in [1.82, 2.24) is 9.38 Å². The van der Waals surface area contributed by atoms with Crippen molar-refractivity contribution in [2.45, 2.75) is 20.8 Å². The second-order valence-corrected chi connectivity index (χ2v) is 6.33. The summed E-state index contributed by atoms with van der Waals surface area (Å²) in [6.45, 7) is 5.48. The van der Waals surface area contributed by atoms with Gasteiger partial charge in [-0.2, -0.15) is 10.2 Å². The van der Waals surface area contributed by atoms with Crippen molar-refractivity contribution in [3.63, 3.8) is 0 Å². The molecule has 146 valence electrons. The standard InChI is InChI=1S/C22H19N3O4/c1-4-28-22(27)16(13-23)12-18-20(29-17-9-5-7-14(2)11-17)24-19-15(3)8-6-10-25(19)21(18)26/h5-12H,4H2,1-3H3/b16-12+. The minimum Gasteiger partial charge on any atom is -0.462 e. The van der Waals surface area contributed by atoms with Gasteiger partial charge in [-0.25, -0.2) is 4.79 Å². The summed E-state index contributed by atoms with van der Waals surface area (Å²) < 4.78 is 12.1. The molecule has 0 fully saturated rings. The number of nitriles is 1. The van der Waals surface area contributed by atoms with Crippen LogP contribution in [0.2, 0.25) is 0 Å². The zero-order valence-corrected chi connectivity index (χ0v) is 16.3. The van der Waals surface area contributed by atoms with E-state index in [1.807, 2.05) is 32.0 Å². The Morgan fingerprint density at radius 1 is 1.28 bits per heavy atom. The Morgan fingerprint density at radius 2 is 2.07 bits per heavy atom. The Kier molecular flexibility index (Phi) is 5.74.